The zero-order valence-electron chi connectivity index (χ0n) is 17.6. The van der Waals surface area contributed by atoms with E-state index in [1.165, 1.54) is 0 Å². The number of anilines is 1. The lowest BCUT2D eigenvalue weighted by Gasteiger charge is -2.11. The van der Waals surface area contributed by atoms with Crippen LogP contribution in [-0.4, -0.2) is 34.8 Å². The number of rotatable bonds is 8. The van der Waals surface area contributed by atoms with Gasteiger partial charge in [-0.3, -0.25) is 9.36 Å². The van der Waals surface area contributed by atoms with Gasteiger partial charge in [0, 0.05) is 21.4 Å². The van der Waals surface area contributed by atoms with Crippen LogP contribution < -0.4 is 5.32 Å². The minimum Gasteiger partial charge on any atom is -0.325 e. The summed E-state index contributed by atoms with van der Waals surface area (Å²) in [5, 5.41) is 12.2. The van der Waals surface area contributed by atoms with E-state index in [-0.39, 0.29) is 28.1 Å². The third-order valence-electron chi connectivity index (χ3n) is 4.61. The first-order valence-corrected chi connectivity index (χ1v) is 13.4. The molecule has 0 aliphatic heterocycles. The van der Waals surface area contributed by atoms with E-state index in [4.69, 9.17) is 23.2 Å². The maximum Gasteiger partial charge on any atom is 0.234 e. The molecular formula is C23H18Cl2N4O3S2. The van der Waals surface area contributed by atoms with Crippen LogP contribution >= 0.6 is 35.0 Å². The first-order chi connectivity index (χ1) is 16.3. The van der Waals surface area contributed by atoms with Crippen LogP contribution in [0.15, 0.2) is 88.9 Å². The molecule has 1 heterocycles. The van der Waals surface area contributed by atoms with Gasteiger partial charge in [0.15, 0.2) is 20.8 Å². The van der Waals surface area contributed by atoms with Gasteiger partial charge in [0.05, 0.1) is 10.6 Å². The Balaban J connectivity index is 1.57. The van der Waals surface area contributed by atoms with Gasteiger partial charge in [-0.05, 0) is 42.5 Å². The van der Waals surface area contributed by atoms with Crippen molar-refractivity contribution in [2.75, 3.05) is 11.1 Å². The molecule has 1 aromatic heterocycles. The Morgan fingerprint density at radius 3 is 2.18 bits per heavy atom. The fourth-order valence-electron chi connectivity index (χ4n) is 3.16. The second-order valence-corrected chi connectivity index (χ2v) is 10.9. The van der Waals surface area contributed by atoms with Crippen LogP contribution in [-0.2, 0) is 20.4 Å². The summed E-state index contributed by atoms with van der Waals surface area (Å²) in [4.78, 5) is 12.7. The molecule has 0 spiro atoms. The quantitative estimate of drug-likeness (QED) is 0.310. The van der Waals surface area contributed by atoms with Crippen molar-refractivity contribution < 1.29 is 13.2 Å². The molecular weight excluding hydrogens is 515 g/mol. The van der Waals surface area contributed by atoms with Crippen LogP contribution in [0.25, 0.3) is 5.69 Å². The summed E-state index contributed by atoms with van der Waals surface area (Å²) >= 11 is 13.1. The number of benzene rings is 3. The van der Waals surface area contributed by atoms with Crippen LogP contribution in [0.5, 0.6) is 0 Å². The molecule has 3 aromatic carbocycles. The Labute approximate surface area is 211 Å². The van der Waals surface area contributed by atoms with Crippen molar-refractivity contribution in [3.05, 3.63) is 94.7 Å². The molecule has 0 radical (unpaired) electrons. The largest absolute Gasteiger partial charge is 0.325 e. The number of carbonyl (C=O) groups is 1. The number of carbonyl (C=O) groups excluding carboxylic acids is 1. The van der Waals surface area contributed by atoms with E-state index in [2.05, 4.69) is 15.5 Å². The summed E-state index contributed by atoms with van der Waals surface area (Å²) in [5.74, 6) is -0.378. The number of sulfone groups is 1. The number of thioether (sulfide) groups is 1. The third kappa shape index (κ3) is 5.98. The predicted octanol–water partition coefficient (Wildman–Crippen LogP) is 5.28. The molecule has 0 bridgehead atoms. The molecule has 0 saturated heterocycles. The van der Waals surface area contributed by atoms with Gasteiger partial charge in [0.1, 0.15) is 5.75 Å². The normalized spacial score (nSPS) is 11.4. The van der Waals surface area contributed by atoms with E-state index in [9.17, 15) is 13.2 Å². The summed E-state index contributed by atoms with van der Waals surface area (Å²) in [6.07, 6.45) is 0. The predicted molar refractivity (Wildman–Crippen MR) is 135 cm³/mol. The zero-order chi connectivity index (χ0) is 24.1. The second-order valence-electron chi connectivity index (χ2n) is 7.14. The van der Waals surface area contributed by atoms with Gasteiger partial charge < -0.3 is 5.32 Å². The van der Waals surface area contributed by atoms with Crippen LogP contribution in [0.2, 0.25) is 10.0 Å². The Hall–Kier alpha value is -2.85. The standard InChI is InChI=1S/C23H18Cl2N4O3S2/c24-16-11-17(25)13-18(12-16)26-22(30)14-33-23-28-27-21(29(23)19-7-3-1-4-8-19)15-34(31,32)20-9-5-2-6-10-20/h1-13H,14-15H2,(H,26,30). The van der Waals surface area contributed by atoms with Crippen molar-refractivity contribution in [3.8, 4) is 5.69 Å². The highest BCUT2D eigenvalue weighted by atomic mass is 35.5. The van der Waals surface area contributed by atoms with Gasteiger partial charge in [-0.1, -0.05) is 71.4 Å². The molecule has 174 valence electrons. The van der Waals surface area contributed by atoms with Crippen LogP contribution in [0.1, 0.15) is 5.82 Å². The molecule has 0 aliphatic carbocycles. The zero-order valence-corrected chi connectivity index (χ0v) is 20.7. The summed E-state index contributed by atoms with van der Waals surface area (Å²) in [6.45, 7) is 0. The molecule has 1 N–H and O–H groups in total. The van der Waals surface area contributed by atoms with Gasteiger partial charge >= 0.3 is 0 Å². The van der Waals surface area contributed by atoms with Crippen molar-refractivity contribution in [1.29, 1.82) is 0 Å². The third-order valence-corrected chi connectivity index (χ3v) is 7.61. The molecule has 0 saturated carbocycles. The van der Waals surface area contributed by atoms with Crippen LogP contribution in [0.3, 0.4) is 0 Å². The van der Waals surface area contributed by atoms with E-state index in [0.717, 1.165) is 11.8 Å². The highest BCUT2D eigenvalue weighted by molar-refractivity contribution is 7.99. The minimum atomic E-state index is -3.65. The Morgan fingerprint density at radius 1 is 0.912 bits per heavy atom. The number of nitrogens with zero attached hydrogens (tertiary/aromatic N) is 3. The van der Waals surface area contributed by atoms with Crippen molar-refractivity contribution in [3.63, 3.8) is 0 Å². The number of para-hydroxylation sites is 1. The van der Waals surface area contributed by atoms with Gasteiger partial charge in [0.25, 0.3) is 0 Å². The van der Waals surface area contributed by atoms with Gasteiger partial charge in [0.2, 0.25) is 5.91 Å². The number of hydrogen-bond donors (Lipinski definition) is 1. The molecule has 4 rings (SSSR count). The molecule has 11 heteroatoms. The molecule has 0 fully saturated rings. The number of halogens is 2. The first kappa shape index (κ1) is 24.3. The van der Waals surface area contributed by atoms with Crippen LogP contribution in [0.4, 0.5) is 5.69 Å². The number of amides is 1. The number of aromatic nitrogens is 3. The Bertz CT molecular complexity index is 1390. The summed E-state index contributed by atoms with van der Waals surface area (Å²) in [6, 6.07) is 22.1. The molecule has 34 heavy (non-hydrogen) atoms. The fourth-order valence-corrected chi connectivity index (χ4v) is 5.72. The Morgan fingerprint density at radius 2 is 1.53 bits per heavy atom. The van der Waals surface area contributed by atoms with Gasteiger partial charge in [-0.15, -0.1) is 10.2 Å². The average molecular weight is 533 g/mol. The second kappa shape index (κ2) is 10.6. The topological polar surface area (TPSA) is 94.0 Å². The molecule has 7 nitrogen and oxygen atoms in total. The summed E-state index contributed by atoms with van der Waals surface area (Å²) in [7, 11) is -3.65. The lowest BCUT2D eigenvalue weighted by atomic mass is 10.3. The molecule has 0 unspecified atom stereocenters. The fraction of sp³-hybridized carbons (Fsp3) is 0.0870. The lowest BCUT2D eigenvalue weighted by Crippen LogP contribution is -2.15. The molecule has 1 amide bonds. The SMILES string of the molecule is O=C(CSc1nnc(CS(=O)(=O)c2ccccc2)n1-c1ccccc1)Nc1cc(Cl)cc(Cl)c1. The summed E-state index contributed by atoms with van der Waals surface area (Å²) < 4.78 is 27.5. The van der Waals surface area contributed by atoms with Crippen LogP contribution in [0, 0.1) is 0 Å². The Kier molecular flexibility index (Phi) is 7.57. The highest BCUT2D eigenvalue weighted by Gasteiger charge is 2.23. The van der Waals surface area contributed by atoms with E-state index in [1.807, 2.05) is 30.3 Å². The number of hydrogen-bond acceptors (Lipinski definition) is 6. The maximum atomic E-state index is 12.9. The smallest absolute Gasteiger partial charge is 0.234 e. The van der Waals surface area contributed by atoms with E-state index in [1.54, 1.807) is 53.1 Å². The van der Waals surface area contributed by atoms with Gasteiger partial charge in [-0.2, -0.15) is 0 Å². The molecule has 0 atom stereocenters. The lowest BCUT2D eigenvalue weighted by molar-refractivity contribution is -0.113. The first-order valence-electron chi connectivity index (χ1n) is 9.98. The average Bonchev–Trinajstić information content (AvgIpc) is 3.20. The van der Waals surface area contributed by atoms with Crippen molar-refractivity contribution in [1.82, 2.24) is 14.8 Å². The minimum absolute atomic E-state index is 0.0144. The van der Waals surface area contributed by atoms with E-state index >= 15 is 0 Å². The highest BCUT2D eigenvalue weighted by Crippen LogP contribution is 2.26. The maximum absolute atomic E-state index is 12.9. The van der Waals surface area contributed by atoms with E-state index in [0.29, 0.717) is 26.6 Å². The summed E-state index contributed by atoms with van der Waals surface area (Å²) in [5.41, 5.74) is 1.16. The molecule has 4 aromatic rings. The number of nitrogens with one attached hydrogen (secondary N) is 1. The van der Waals surface area contributed by atoms with Gasteiger partial charge in [-0.25, -0.2) is 8.42 Å². The van der Waals surface area contributed by atoms with Crippen molar-refractivity contribution >= 4 is 56.4 Å². The monoisotopic (exact) mass is 532 g/mol. The van der Waals surface area contributed by atoms with E-state index < -0.39 is 9.84 Å². The van der Waals surface area contributed by atoms with Crippen molar-refractivity contribution in [2.24, 2.45) is 0 Å². The molecule has 0 aliphatic rings. The van der Waals surface area contributed by atoms with Crippen molar-refractivity contribution in [2.45, 2.75) is 15.8 Å².